The summed E-state index contributed by atoms with van der Waals surface area (Å²) in [6.07, 6.45) is 0. The van der Waals surface area contributed by atoms with Gasteiger partial charge in [-0.3, -0.25) is 4.40 Å². The minimum atomic E-state index is -1.91. The second-order valence-corrected chi connectivity index (χ2v) is 4.95. The Balaban J connectivity index is 2.44. The van der Waals surface area contributed by atoms with Crippen LogP contribution >= 0.6 is 0 Å². The molecule has 4 rings (SSSR count). The molecule has 0 unspecified atom stereocenters. The molecular weight excluding hydrogens is 310 g/mol. The number of pyridine rings is 1. The Morgan fingerprint density at radius 1 is 0.957 bits per heavy atom. The van der Waals surface area contributed by atoms with Crippen LogP contribution in [0.3, 0.4) is 0 Å². The van der Waals surface area contributed by atoms with E-state index in [1.807, 2.05) is 6.07 Å². The van der Waals surface area contributed by atoms with Gasteiger partial charge >= 0.3 is 0 Å². The predicted molar refractivity (Wildman–Crippen MR) is 74.8 cm³/mol. The van der Waals surface area contributed by atoms with Gasteiger partial charge in [-0.05, 0) is 18.2 Å². The zero-order valence-electron chi connectivity index (χ0n) is 11.2. The number of nitrogens with zero attached hydrogens (tertiary/aromatic N) is 3. The van der Waals surface area contributed by atoms with Crippen molar-refractivity contribution in [3.05, 3.63) is 59.2 Å². The maximum atomic E-state index is 14.3. The Bertz CT molecular complexity index is 1170. The van der Waals surface area contributed by atoms with Crippen LogP contribution < -0.4 is 0 Å². The summed E-state index contributed by atoms with van der Waals surface area (Å²) in [5, 5.41) is 8.70. The van der Waals surface area contributed by atoms with Crippen molar-refractivity contribution in [1.82, 2.24) is 9.38 Å². The number of hydrogen-bond donors (Lipinski definition) is 0. The van der Waals surface area contributed by atoms with Gasteiger partial charge in [-0.1, -0.05) is 12.1 Å². The minimum absolute atomic E-state index is 0.0468. The van der Waals surface area contributed by atoms with Crippen molar-refractivity contribution >= 4 is 27.6 Å². The van der Waals surface area contributed by atoms with Gasteiger partial charge in [0.1, 0.15) is 6.07 Å². The molecule has 0 N–H and O–H groups in total. The maximum absolute atomic E-state index is 14.3. The normalized spacial score (nSPS) is 11.4. The molecule has 0 aliphatic rings. The quantitative estimate of drug-likeness (QED) is 0.279. The standard InChI is InChI=1S/C16H5F4N3/c17-11-8-5-7(6-21)16-22-9-3-1-2-4-10(9)23(16)15(8)14(20)13(19)12(11)18/h1-5H. The van der Waals surface area contributed by atoms with E-state index in [4.69, 9.17) is 0 Å². The first-order valence-corrected chi connectivity index (χ1v) is 6.50. The van der Waals surface area contributed by atoms with Crippen LogP contribution in [-0.4, -0.2) is 9.38 Å². The molecule has 0 aliphatic heterocycles. The molecule has 2 heterocycles. The molecule has 112 valence electrons. The van der Waals surface area contributed by atoms with Crippen LogP contribution in [0.4, 0.5) is 17.6 Å². The molecule has 0 radical (unpaired) electrons. The van der Waals surface area contributed by atoms with Gasteiger partial charge in [0.05, 0.1) is 22.1 Å². The Hall–Kier alpha value is -3.14. The lowest BCUT2D eigenvalue weighted by atomic mass is 10.1. The van der Waals surface area contributed by atoms with Crippen molar-refractivity contribution < 1.29 is 17.6 Å². The van der Waals surface area contributed by atoms with E-state index in [2.05, 4.69) is 4.98 Å². The lowest BCUT2D eigenvalue weighted by molar-refractivity contribution is 0.417. The molecule has 0 aliphatic carbocycles. The average molecular weight is 315 g/mol. The highest BCUT2D eigenvalue weighted by atomic mass is 19.2. The van der Waals surface area contributed by atoms with E-state index >= 15 is 0 Å². The Morgan fingerprint density at radius 3 is 2.39 bits per heavy atom. The number of imidazole rings is 1. The summed E-state index contributed by atoms with van der Waals surface area (Å²) in [7, 11) is 0. The molecule has 0 fully saturated rings. The van der Waals surface area contributed by atoms with E-state index in [1.165, 1.54) is 0 Å². The van der Waals surface area contributed by atoms with E-state index in [1.54, 1.807) is 24.3 Å². The second-order valence-electron chi connectivity index (χ2n) is 4.95. The van der Waals surface area contributed by atoms with Crippen LogP contribution in [0.1, 0.15) is 5.56 Å². The monoisotopic (exact) mass is 315 g/mol. The number of halogens is 4. The fourth-order valence-corrected chi connectivity index (χ4v) is 2.71. The third-order valence-corrected chi connectivity index (χ3v) is 3.71. The van der Waals surface area contributed by atoms with Gasteiger partial charge in [0.2, 0.25) is 0 Å². The number of rotatable bonds is 0. The summed E-state index contributed by atoms with van der Waals surface area (Å²) in [5.41, 5.74) is 0.252. The summed E-state index contributed by atoms with van der Waals surface area (Å²) in [6, 6.07) is 9.28. The van der Waals surface area contributed by atoms with Gasteiger partial charge < -0.3 is 0 Å². The Labute approximate surface area is 126 Å². The van der Waals surface area contributed by atoms with Crippen LogP contribution in [0.15, 0.2) is 30.3 Å². The molecule has 23 heavy (non-hydrogen) atoms. The average Bonchev–Trinajstić information content (AvgIpc) is 2.96. The zero-order chi connectivity index (χ0) is 16.3. The Kier molecular flexibility index (Phi) is 2.60. The maximum Gasteiger partial charge on any atom is 0.199 e. The number of benzene rings is 2. The van der Waals surface area contributed by atoms with Crippen molar-refractivity contribution in [3.8, 4) is 6.07 Å². The summed E-state index contributed by atoms with van der Waals surface area (Å²) < 4.78 is 56.6. The topological polar surface area (TPSA) is 41.1 Å². The van der Waals surface area contributed by atoms with E-state index < -0.39 is 34.2 Å². The molecule has 0 bridgehead atoms. The highest BCUT2D eigenvalue weighted by molar-refractivity contribution is 5.93. The van der Waals surface area contributed by atoms with Crippen LogP contribution in [0.25, 0.3) is 27.6 Å². The first-order valence-electron chi connectivity index (χ1n) is 6.50. The summed E-state index contributed by atoms with van der Waals surface area (Å²) >= 11 is 0. The molecule has 0 saturated heterocycles. The minimum Gasteiger partial charge on any atom is -0.288 e. The van der Waals surface area contributed by atoms with Gasteiger partial charge in [0.15, 0.2) is 28.9 Å². The first-order chi connectivity index (χ1) is 11.0. The van der Waals surface area contributed by atoms with Gasteiger partial charge in [-0.15, -0.1) is 0 Å². The highest BCUT2D eigenvalue weighted by Gasteiger charge is 2.24. The molecule has 7 heteroatoms. The molecule has 0 atom stereocenters. The van der Waals surface area contributed by atoms with Crippen LogP contribution in [-0.2, 0) is 0 Å². The zero-order valence-corrected chi connectivity index (χ0v) is 11.2. The van der Waals surface area contributed by atoms with Gasteiger partial charge in [0.25, 0.3) is 0 Å². The van der Waals surface area contributed by atoms with Crippen LogP contribution in [0.2, 0.25) is 0 Å². The van der Waals surface area contributed by atoms with Gasteiger partial charge in [-0.25, -0.2) is 22.5 Å². The molecule has 3 nitrogen and oxygen atoms in total. The summed E-state index contributed by atoms with van der Waals surface area (Å²) in [5.74, 6) is -6.90. The molecular formula is C16H5F4N3. The molecule has 4 aromatic rings. The lowest BCUT2D eigenvalue weighted by Gasteiger charge is -2.09. The van der Waals surface area contributed by atoms with Crippen molar-refractivity contribution in [2.24, 2.45) is 0 Å². The molecule has 2 aromatic heterocycles. The number of hydrogen-bond acceptors (Lipinski definition) is 2. The van der Waals surface area contributed by atoms with Crippen molar-refractivity contribution in [3.63, 3.8) is 0 Å². The number of aromatic nitrogens is 2. The van der Waals surface area contributed by atoms with Crippen LogP contribution in [0.5, 0.6) is 0 Å². The van der Waals surface area contributed by atoms with E-state index in [9.17, 15) is 22.8 Å². The van der Waals surface area contributed by atoms with Gasteiger partial charge in [-0.2, -0.15) is 5.26 Å². The molecule has 2 aromatic carbocycles. The van der Waals surface area contributed by atoms with E-state index in [0.29, 0.717) is 11.0 Å². The molecule has 0 saturated carbocycles. The Morgan fingerprint density at radius 2 is 1.65 bits per heavy atom. The fourth-order valence-electron chi connectivity index (χ4n) is 2.71. The smallest absolute Gasteiger partial charge is 0.199 e. The molecule has 0 amide bonds. The lowest BCUT2D eigenvalue weighted by Crippen LogP contribution is -2.03. The second kappa shape index (κ2) is 4.43. The molecule has 0 spiro atoms. The van der Waals surface area contributed by atoms with E-state index in [0.717, 1.165) is 10.5 Å². The SMILES string of the molecule is N#Cc1cc2c(F)c(F)c(F)c(F)c2n2c1nc1ccccc12. The third-order valence-electron chi connectivity index (χ3n) is 3.71. The highest BCUT2D eigenvalue weighted by Crippen LogP contribution is 2.31. The largest absolute Gasteiger partial charge is 0.288 e. The summed E-state index contributed by atoms with van der Waals surface area (Å²) in [6.45, 7) is 0. The number of fused-ring (bicyclic) bond motifs is 5. The summed E-state index contributed by atoms with van der Waals surface area (Å²) in [4.78, 5) is 4.19. The fraction of sp³-hybridized carbons (Fsp3) is 0. The van der Waals surface area contributed by atoms with Crippen molar-refractivity contribution in [2.45, 2.75) is 0 Å². The predicted octanol–water partition coefficient (Wildman–Crippen LogP) is 4.07. The van der Waals surface area contributed by atoms with Crippen LogP contribution in [0, 0.1) is 34.6 Å². The van der Waals surface area contributed by atoms with Crippen molar-refractivity contribution in [2.75, 3.05) is 0 Å². The third kappa shape index (κ3) is 1.60. The first kappa shape index (κ1) is 13.5. The van der Waals surface area contributed by atoms with E-state index in [-0.39, 0.29) is 11.2 Å². The number of nitriles is 1. The van der Waals surface area contributed by atoms with Gasteiger partial charge in [0, 0.05) is 5.39 Å². The number of para-hydroxylation sites is 2. The van der Waals surface area contributed by atoms with Crippen molar-refractivity contribution in [1.29, 1.82) is 5.26 Å².